The first-order valence-corrected chi connectivity index (χ1v) is 8.97. The molecule has 1 aromatic rings. The molecule has 5 nitrogen and oxygen atoms in total. The number of carbonyl (C=O) groups excluding carboxylic acids is 1. The summed E-state index contributed by atoms with van der Waals surface area (Å²) in [5.41, 5.74) is 3.26. The predicted octanol–water partition coefficient (Wildman–Crippen LogP) is 1.27. The third-order valence-corrected chi connectivity index (χ3v) is 5.80. The lowest BCUT2D eigenvalue weighted by molar-refractivity contribution is -0.119. The highest BCUT2D eigenvalue weighted by Gasteiger charge is 2.27. The molecular weight excluding hydrogens is 288 g/mol. The molecule has 1 aliphatic rings. The lowest BCUT2D eigenvalue weighted by atomic mass is 10.1. The van der Waals surface area contributed by atoms with E-state index in [0.717, 1.165) is 11.3 Å². The largest absolute Gasteiger partial charge is 0.376 e. The number of amides is 1. The number of rotatable bonds is 5. The standard InChI is InChI=1S/C15H22N2O3S/c1-11-4-3-5-14(12(11)2)16-9-15(18)17-8-13-6-7-21(19,20)10-13/h3-5,13,16H,6-10H2,1-2H3,(H,17,18)/t13-/m1/s1. The number of aryl methyl sites for hydroxylation is 1. The highest BCUT2D eigenvalue weighted by Crippen LogP contribution is 2.18. The van der Waals surface area contributed by atoms with E-state index in [1.807, 2.05) is 32.0 Å². The van der Waals surface area contributed by atoms with Crippen LogP contribution in [0, 0.1) is 19.8 Å². The Morgan fingerprint density at radius 1 is 1.33 bits per heavy atom. The van der Waals surface area contributed by atoms with Crippen LogP contribution in [-0.2, 0) is 14.6 Å². The molecule has 2 N–H and O–H groups in total. The van der Waals surface area contributed by atoms with Gasteiger partial charge >= 0.3 is 0 Å². The van der Waals surface area contributed by atoms with E-state index in [-0.39, 0.29) is 29.9 Å². The lowest BCUT2D eigenvalue weighted by Gasteiger charge is -2.13. The molecule has 2 rings (SSSR count). The van der Waals surface area contributed by atoms with Gasteiger partial charge in [-0.25, -0.2) is 8.42 Å². The molecular formula is C15H22N2O3S. The van der Waals surface area contributed by atoms with Crippen molar-refractivity contribution in [1.29, 1.82) is 0 Å². The average molecular weight is 310 g/mol. The van der Waals surface area contributed by atoms with E-state index < -0.39 is 9.84 Å². The summed E-state index contributed by atoms with van der Waals surface area (Å²) < 4.78 is 22.7. The molecule has 0 aliphatic carbocycles. The maximum Gasteiger partial charge on any atom is 0.239 e. The average Bonchev–Trinajstić information content (AvgIpc) is 2.78. The summed E-state index contributed by atoms with van der Waals surface area (Å²) >= 11 is 0. The van der Waals surface area contributed by atoms with Crippen molar-refractivity contribution in [2.45, 2.75) is 20.3 Å². The molecule has 1 saturated heterocycles. The molecule has 0 saturated carbocycles. The van der Waals surface area contributed by atoms with Crippen LogP contribution >= 0.6 is 0 Å². The second-order valence-corrected chi connectivity index (χ2v) is 7.90. The molecule has 1 aromatic carbocycles. The zero-order valence-electron chi connectivity index (χ0n) is 12.5. The zero-order chi connectivity index (χ0) is 15.5. The monoisotopic (exact) mass is 310 g/mol. The van der Waals surface area contributed by atoms with E-state index >= 15 is 0 Å². The van der Waals surface area contributed by atoms with Crippen LogP contribution in [0.25, 0.3) is 0 Å². The summed E-state index contributed by atoms with van der Waals surface area (Å²) in [6.45, 7) is 4.68. The van der Waals surface area contributed by atoms with Crippen LogP contribution in [0.3, 0.4) is 0 Å². The number of carbonyl (C=O) groups is 1. The van der Waals surface area contributed by atoms with Gasteiger partial charge in [0.2, 0.25) is 5.91 Å². The Morgan fingerprint density at radius 3 is 2.76 bits per heavy atom. The van der Waals surface area contributed by atoms with Gasteiger partial charge in [-0.05, 0) is 43.4 Å². The topological polar surface area (TPSA) is 75.3 Å². The van der Waals surface area contributed by atoms with Crippen LogP contribution < -0.4 is 10.6 Å². The van der Waals surface area contributed by atoms with Crippen molar-refractivity contribution in [3.8, 4) is 0 Å². The molecule has 0 unspecified atom stereocenters. The Hall–Kier alpha value is -1.56. The van der Waals surface area contributed by atoms with Crippen molar-refractivity contribution in [1.82, 2.24) is 5.32 Å². The van der Waals surface area contributed by atoms with E-state index in [2.05, 4.69) is 10.6 Å². The van der Waals surface area contributed by atoms with Gasteiger partial charge in [-0.2, -0.15) is 0 Å². The summed E-state index contributed by atoms with van der Waals surface area (Å²) in [4.78, 5) is 11.8. The minimum absolute atomic E-state index is 0.0552. The Morgan fingerprint density at radius 2 is 2.10 bits per heavy atom. The number of nitrogens with one attached hydrogen (secondary N) is 2. The quantitative estimate of drug-likeness (QED) is 0.859. The van der Waals surface area contributed by atoms with Crippen LogP contribution in [0.5, 0.6) is 0 Å². The molecule has 1 aliphatic heterocycles. The Balaban J connectivity index is 1.77. The Kier molecular flexibility index (Phi) is 4.88. The molecule has 6 heteroatoms. The maximum atomic E-state index is 11.8. The van der Waals surface area contributed by atoms with E-state index in [1.54, 1.807) is 0 Å². The van der Waals surface area contributed by atoms with Gasteiger partial charge in [0.05, 0.1) is 18.1 Å². The molecule has 0 spiro atoms. The second kappa shape index (κ2) is 6.47. The van der Waals surface area contributed by atoms with Crippen molar-refractivity contribution in [3.05, 3.63) is 29.3 Å². The first-order chi connectivity index (χ1) is 9.87. The fourth-order valence-electron chi connectivity index (χ4n) is 2.47. The third-order valence-electron chi connectivity index (χ3n) is 3.96. The number of anilines is 1. The minimum atomic E-state index is -2.88. The fourth-order valence-corrected chi connectivity index (χ4v) is 4.33. The Labute approximate surface area is 126 Å². The molecule has 116 valence electrons. The molecule has 1 fully saturated rings. The van der Waals surface area contributed by atoms with Gasteiger partial charge in [-0.1, -0.05) is 12.1 Å². The second-order valence-electron chi connectivity index (χ2n) is 5.67. The van der Waals surface area contributed by atoms with Crippen LogP contribution in [0.2, 0.25) is 0 Å². The Bertz CT molecular complexity index is 626. The predicted molar refractivity (Wildman–Crippen MR) is 84.2 cm³/mol. The van der Waals surface area contributed by atoms with E-state index in [4.69, 9.17) is 0 Å². The van der Waals surface area contributed by atoms with Crippen LogP contribution in [0.1, 0.15) is 17.5 Å². The zero-order valence-corrected chi connectivity index (χ0v) is 13.3. The molecule has 1 heterocycles. The molecule has 0 radical (unpaired) electrons. The lowest BCUT2D eigenvalue weighted by Crippen LogP contribution is -2.34. The number of benzene rings is 1. The van der Waals surface area contributed by atoms with Gasteiger partial charge in [0.1, 0.15) is 0 Å². The van der Waals surface area contributed by atoms with E-state index in [9.17, 15) is 13.2 Å². The number of hydrogen-bond acceptors (Lipinski definition) is 4. The highest BCUT2D eigenvalue weighted by molar-refractivity contribution is 7.91. The van der Waals surface area contributed by atoms with Crippen LogP contribution in [0.15, 0.2) is 18.2 Å². The third kappa shape index (κ3) is 4.46. The van der Waals surface area contributed by atoms with Crippen LogP contribution in [-0.4, -0.2) is 38.9 Å². The molecule has 1 atom stereocenters. The van der Waals surface area contributed by atoms with E-state index in [1.165, 1.54) is 5.56 Å². The van der Waals surface area contributed by atoms with Gasteiger partial charge in [0, 0.05) is 12.2 Å². The van der Waals surface area contributed by atoms with Gasteiger partial charge < -0.3 is 10.6 Å². The summed E-state index contributed by atoms with van der Waals surface area (Å²) in [5, 5.41) is 5.92. The van der Waals surface area contributed by atoms with Crippen molar-refractivity contribution in [3.63, 3.8) is 0 Å². The van der Waals surface area contributed by atoms with Crippen molar-refractivity contribution in [2.24, 2.45) is 5.92 Å². The van der Waals surface area contributed by atoms with Crippen molar-refractivity contribution < 1.29 is 13.2 Å². The maximum absolute atomic E-state index is 11.8. The van der Waals surface area contributed by atoms with Gasteiger partial charge in [0.25, 0.3) is 0 Å². The van der Waals surface area contributed by atoms with Gasteiger partial charge in [-0.15, -0.1) is 0 Å². The summed E-state index contributed by atoms with van der Waals surface area (Å²) in [7, 11) is -2.88. The summed E-state index contributed by atoms with van der Waals surface area (Å²) in [5.74, 6) is 0.381. The minimum Gasteiger partial charge on any atom is -0.376 e. The SMILES string of the molecule is Cc1cccc(NCC(=O)NC[C@H]2CCS(=O)(=O)C2)c1C. The summed E-state index contributed by atoms with van der Waals surface area (Å²) in [6.07, 6.45) is 0.646. The van der Waals surface area contributed by atoms with Crippen molar-refractivity contribution >= 4 is 21.4 Å². The molecule has 1 amide bonds. The number of sulfone groups is 1. The normalized spacial score (nSPS) is 20.2. The van der Waals surface area contributed by atoms with E-state index in [0.29, 0.717) is 13.0 Å². The number of hydrogen-bond donors (Lipinski definition) is 2. The molecule has 0 bridgehead atoms. The molecule has 21 heavy (non-hydrogen) atoms. The van der Waals surface area contributed by atoms with Crippen LogP contribution in [0.4, 0.5) is 5.69 Å². The first-order valence-electron chi connectivity index (χ1n) is 7.14. The van der Waals surface area contributed by atoms with Gasteiger partial charge in [0.15, 0.2) is 9.84 Å². The summed E-state index contributed by atoms with van der Waals surface area (Å²) in [6, 6.07) is 5.92. The first kappa shape index (κ1) is 15.8. The van der Waals surface area contributed by atoms with Gasteiger partial charge in [-0.3, -0.25) is 4.79 Å². The smallest absolute Gasteiger partial charge is 0.239 e. The molecule has 0 aromatic heterocycles. The highest BCUT2D eigenvalue weighted by atomic mass is 32.2. The van der Waals surface area contributed by atoms with Crippen molar-refractivity contribution in [2.75, 3.05) is 29.9 Å². The fraction of sp³-hybridized carbons (Fsp3) is 0.533.